The van der Waals surface area contributed by atoms with Crippen molar-refractivity contribution in [2.75, 3.05) is 13.1 Å². The minimum Gasteiger partial charge on any atom is -0.298 e. The molecule has 1 heterocycles. The van der Waals surface area contributed by atoms with Crippen molar-refractivity contribution in [3.8, 4) is 0 Å². The number of hydrogen-bond donors (Lipinski definition) is 0. The molecule has 1 heteroatoms. The summed E-state index contributed by atoms with van der Waals surface area (Å²) in [6, 6.07) is 0. The van der Waals surface area contributed by atoms with E-state index in [0.29, 0.717) is 5.54 Å². The highest BCUT2D eigenvalue weighted by Crippen LogP contribution is 2.40. The van der Waals surface area contributed by atoms with Crippen LogP contribution in [0.5, 0.6) is 0 Å². The molecule has 1 nitrogen and oxygen atoms in total. The van der Waals surface area contributed by atoms with Gasteiger partial charge in [0.25, 0.3) is 0 Å². The summed E-state index contributed by atoms with van der Waals surface area (Å²) in [5.74, 6) is 0. The van der Waals surface area contributed by atoms with Crippen LogP contribution in [0.1, 0.15) is 58.3 Å². The molecule has 0 aromatic carbocycles. The fourth-order valence-corrected chi connectivity index (χ4v) is 3.42. The van der Waals surface area contributed by atoms with Crippen LogP contribution >= 0.6 is 0 Å². The Hall–Kier alpha value is -0.0400. The molecule has 13 heavy (non-hydrogen) atoms. The second-order valence-electron chi connectivity index (χ2n) is 4.82. The third-order valence-electron chi connectivity index (χ3n) is 4.16. The summed E-state index contributed by atoms with van der Waals surface area (Å²) in [7, 11) is 0. The molecule has 1 spiro atoms. The van der Waals surface area contributed by atoms with Gasteiger partial charge in [-0.25, -0.2) is 0 Å². The van der Waals surface area contributed by atoms with Gasteiger partial charge in [0.2, 0.25) is 0 Å². The lowest BCUT2D eigenvalue weighted by Crippen LogP contribution is -2.52. The Labute approximate surface area is 82.5 Å². The number of hydrogen-bond acceptors (Lipinski definition) is 1. The zero-order valence-electron chi connectivity index (χ0n) is 9.02. The van der Waals surface area contributed by atoms with Gasteiger partial charge in [-0.3, -0.25) is 4.90 Å². The summed E-state index contributed by atoms with van der Waals surface area (Å²) in [6.45, 7) is 4.98. The van der Waals surface area contributed by atoms with Gasteiger partial charge in [-0.15, -0.1) is 0 Å². The van der Waals surface area contributed by atoms with E-state index in [-0.39, 0.29) is 0 Å². The number of piperidine rings is 1. The van der Waals surface area contributed by atoms with Crippen LogP contribution in [0.2, 0.25) is 0 Å². The first kappa shape index (κ1) is 9.51. The zero-order chi connectivity index (χ0) is 9.15. The highest BCUT2D eigenvalue weighted by Gasteiger charge is 2.38. The zero-order valence-corrected chi connectivity index (χ0v) is 9.02. The molecule has 0 aromatic heterocycles. The number of likely N-dealkylation sites (tertiary alicyclic amines) is 1. The molecule has 0 aromatic rings. The van der Waals surface area contributed by atoms with Gasteiger partial charge in [-0.2, -0.15) is 0 Å². The molecule has 2 aliphatic rings. The SMILES string of the molecule is CCN1CCCCC12CCCCC2. The van der Waals surface area contributed by atoms with Crippen molar-refractivity contribution in [2.45, 2.75) is 63.8 Å². The molecule has 1 saturated carbocycles. The Morgan fingerprint density at radius 2 is 1.54 bits per heavy atom. The lowest BCUT2D eigenvalue weighted by atomic mass is 9.75. The van der Waals surface area contributed by atoms with E-state index in [1.165, 1.54) is 64.5 Å². The van der Waals surface area contributed by atoms with Gasteiger partial charge in [0, 0.05) is 5.54 Å². The van der Waals surface area contributed by atoms with Crippen LogP contribution in [-0.4, -0.2) is 23.5 Å². The minimum atomic E-state index is 0.658. The van der Waals surface area contributed by atoms with Crippen LogP contribution in [0, 0.1) is 0 Å². The molecule has 2 rings (SSSR count). The molecular formula is C12H23N. The van der Waals surface area contributed by atoms with Crippen LogP contribution in [0.15, 0.2) is 0 Å². The summed E-state index contributed by atoms with van der Waals surface area (Å²) in [6.07, 6.45) is 11.8. The van der Waals surface area contributed by atoms with Crippen molar-refractivity contribution in [3.05, 3.63) is 0 Å². The average molecular weight is 181 g/mol. The quantitative estimate of drug-likeness (QED) is 0.600. The van der Waals surface area contributed by atoms with Gasteiger partial charge in [0.15, 0.2) is 0 Å². The topological polar surface area (TPSA) is 3.24 Å². The number of rotatable bonds is 1. The summed E-state index contributed by atoms with van der Waals surface area (Å²) in [4.78, 5) is 2.77. The third kappa shape index (κ3) is 1.76. The van der Waals surface area contributed by atoms with E-state index < -0.39 is 0 Å². The van der Waals surface area contributed by atoms with Gasteiger partial charge in [0.1, 0.15) is 0 Å². The smallest absolute Gasteiger partial charge is 0.0209 e. The molecule has 1 aliphatic carbocycles. The largest absolute Gasteiger partial charge is 0.298 e. The molecule has 1 saturated heterocycles. The Bertz CT molecular complexity index is 150. The van der Waals surface area contributed by atoms with E-state index in [4.69, 9.17) is 0 Å². The fourth-order valence-electron chi connectivity index (χ4n) is 3.42. The van der Waals surface area contributed by atoms with E-state index in [9.17, 15) is 0 Å². The molecule has 0 bridgehead atoms. The van der Waals surface area contributed by atoms with Gasteiger partial charge in [0.05, 0.1) is 0 Å². The van der Waals surface area contributed by atoms with Crippen LogP contribution in [0.3, 0.4) is 0 Å². The second-order valence-corrected chi connectivity index (χ2v) is 4.82. The summed E-state index contributed by atoms with van der Waals surface area (Å²) in [5, 5.41) is 0. The normalized spacial score (nSPS) is 29.3. The third-order valence-corrected chi connectivity index (χ3v) is 4.16. The van der Waals surface area contributed by atoms with Crippen molar-refractivity contribution in [3.63, 3.8) is 0 Å². The van der Waals surface area contributed by atoms with Crippen molar-refractivity contribution in [1.82, 2.24) is 4.90 Å². The van der Waals surface area contributed by atoms with Crippen LogP contribution < -0.4 is 0 Å². The molecule has 0 unspecified atom stereocenters. The minimum absolute atomic E-state index is 0.658. The van der Waals surface area contributed by atoms with E-state index in [2.05, 4.69) is 11.8 Å². The fraction of sp³-hybridized carbons (Fsp3) is 1.00. The summed E-state index contributed by atoms with van der Waals surface area (Å²) in [5.41, 5.74) is 0.658. The molecule has 0 atom stereocenters. The Morgan fingerprint density at radius 3 is 2.15 bits per heavy atom. The first-order chi connectivity index (χ1) is 6.37. The Kier molecular flexibility index (Phi) is 2.92. The lowest BCUT2D eigenvalue weighted by molar-refractivity contribution is 0.0196. The van der Waals surface area contributed by atoms with Crippen LogP contribution in [0.4, 0.5) is 0 Å². The molecule has 0 N–H and O–H groups in total. The second kappa shape index (κ2) is 4.00. The Balaban J connectivity index is 2.06. The molecule has 0 radical (unpaired) electrons. The van der Waals surface area contributed by atoms with Crippen LogP contribution in [0.25, 0.3) is 0 Å². The van der Waals surface area contributed by atoms with E-state index in [1.807, 2.05) is 0 Å². The van der Waals surface area contributed by atoms with E-state index >= 15 is 0 Å². The highest BCUT2D eigenvalue weighted by atomic mass is 15.2. The van der Waals surface area contributed by atoms with Gasteiger partial charge in [-0.1, -0.05) is 32.6 Å². The van der Waals surface area contributed by atoms with Crippen molar-refractivity contribution < 1.29 is 0 Å². The molecular weight excluding hydrogens is 158 g/mol. The predicted molar refractivity (Wildman–Crippen MR) is 56.9 cm³/mol. The lowest BCUT2D eigenvalue weighted by Gasteiger charge is -2.49. The van der Waals surface area contributed by atoms with Crippen molar-refractivity contribution in [1.29, 1.82) is 0 Å². The predicted octanol–water partition coefficient (Wildman–Crippen LogP) is 3.20. The summed E-state index contributed by atoms with van der Waals surface area (Å²) < 4.78 is 0. The molecule has 0 amide bonds. The first-order valence-electron chi connectivity index (χ1n) is 6.12. The maximum absolute atomic E-state index is 2.77. The maximum atomic E-state index is 2.77. The Morgan fingerprint density at radius 1 is 0.923 bits per heavy atom. The first-order valence-corrected chi connectivity index (χ1v) is 6.12. The van der Waals surface area contributed by atoms with Crippen LogP contribution in [-0.2, 0) is 0 Å². The standard InChI is InChI=1S/C12H23N/c1-2-13-11-7-6-10-12(13)8-4-3-5-9-12/h2-11H2,1H3. The van der Waals surface area contributed by atoms with Crippen molar-refractivity contribution in [2.24, 2.45) is 0 Å². The maximum Gasteiger partial charge on any atom is 0.0209 e. The van der Waals surface area contributed by atoms with E-state index in [1.54, 1.807) is 0 Å². The molecule has 2 fully saturated rings. The van der Waals surface area contributed by atoms with Gasteiger partial charge >= 0.3 is 0 Å². The monoisotopic (exact) mass is 181 g/mol. The van der Waals surface area contributed by atoms with Gasteiger partial charge < -0.3 is 0 Å². The van der Waals surface area contributed by atoms with E-state index in [0.717, 1.165) is 0 Å². The molecule has 76 valence electrons. The molecule has 1 aliphatic heterocycles. The average Bonchev–Trinajstić information content (AvgIpc) is 2.20. The number of nitrogens with zero attached hydrogens (tertiary/aromatic N) is 1. The van der Waals surface area contributed by atoms with Gasteiger partial charge in [-0.05, 0) is 38.8 Å². The highest BCUT2D eigenvalue weighted by molar-refractivity contribution is 4.95. The van der Waals surface area contributed by atoms with Crippen molar-refractivity contribution >= 4 is 0 Å². The summed E-state index contributed by atoms with van der Waals surface area (Å²) >= 11 is 0.